The summed E-state index contributed by atoms with van der Waals surface area (Å²) in [6.07, 6.45) is 3.54. The number of Topliss-reactive ketones (excluding diaryl/α,β-unsaturated/α-hetero) is 1. The smallest absolute Gasteiger partial charge is 0.136 e. The summed E-state index contributed by atoms with van der Waals surface area (Å²) in [5.74, 6) is 1.11. The molecule has 2 atom stereocenters. The highest BCUT2D eigenvalue weighted by Gasteiger charge is 2.29. The Morgan fingerprint density at radius 2 is 1.71 bits per heavy atom. The Morgan fingerprint density at radius 1 is 1.00 bits per heavy atom. The number of hydrogen-bond donors (Lipinski definition) is 0. The van der Waals surface area contributed by atoms with Crippen molar-refractivity contribution < 1.29 is 4.79 Å². The van der Waals surface area contributed by atoms with Crippen molar-refractivity contribution in [3.63, 3.8) is 0 Å². The summed E-state index contributed by atoms with van der Waals surface area (Å²) in [6.45, 7) is 0. The minimum atomic E-state index is 0.155. The van der Waals surface area contributed by atoms with E-state index in [4.69, 9.17) is 0 Å². The molecule has 0 aliphatic heterocycles. The Kier molecular flexibility index (Phi) is 4.54. The molecule has 1 saturated carbocycles. The highest BCUT2D eigenvalue weighted by molar-refractivity contribution is 9.10. The van der Waals surface area contributed by atoms with Gasteiger partial charge >= 0.3 is 0 Å². The molecule has 2 aromatic carbocycles. The monoisotopic (exact) mass is 342 g/mol. The molecule has 1 nitrogen and oxygen atoms in total. The third-order valence-corrected chi connectivity index (χ3v) is 5.23. The van der Waals surface area contributed by atoms with E-state index in [1.807, 2.05) is 12.1 Å². The maximum Gasteiger partial charge on any atom is 0.136 e. The molecule has 1 aliphatic carbocycles. The Bertz CT molecular complexity index is 620. The van der Waals surface area contributed by atoms with E-state index in [1.165, 1.54) is 11.1 Å². The standard InChI is InChI=1S/C19H19BrO/c20-18-9-5-4-8-16(18)13-17-12-15(10-11-19(17)21)14-6-2-1-3-7-14/h1-9,15,17H,10-13H2. The number of halogens is 1. The molecule has 2 aromatic rings. The summed E-state index contributed by atoms with van der Waals surface area (Å²) in [5, 5.41) is 0. The second-order valence-electron chi connectivity index (χ2n) is 5.84. The normalized spacial score (nSPS) is 22.2. The minimum absolute atomic E-state index is 0.155. The fourth-order valence-electron chi connectivity index (χ4n) is 3.27. The summed E-state index contributed by atoms with van der Waals surface area (Å²) >= 11 is 3.59. The van der Waals surface area contributed by atoms with E-state index < -0.39 is 0 Å². The van der Waals surface area contributed by atoms with Crippen LogP contribution in [0.4, 0.5) is 0 Å². The first-order valence-electron chi connectivity index (χ1n) is 7.55. The minimum Gasteiger partial charge on any atom is -0.299 e. The maximum atomic E-state index is 12.3. The summed E-state index contributed by atoms with van der Waals surface area (Å²) in [5.41, 5.74) is 2.62. The molecular weight excluding hydrogens is 324 g/mol. The second-order valence-corrected chi connectivity index (χ2v) is 6.70. The van der Waals surface area contributed by atoms with E-state index in [1.54, 1.807) is 0 Å². The summed E-state index contributed by atoms with van der Waals surface area (Å²) in [7, 11) is 0. The molecule has 0 spiro atoms. The van der Waals surface area contributed by atoms with E-state index in [0.717, 1.165) is 23.7 Å². The highest BCUT2D eigenvalue weighted by Crippen LogP contribution is 2.36. The van der Waals surface area contributed by atoms with Crippen LogP contribution in [0, 0.1) is 5.92 Å². The fourth-order valence-corrected chi connectivity index (χ4v) is 3.71. The Morgan fingerprint density at radius 3 is 2.48 bits per heavy atom. The van der Waals surface area contributed by atoms with Gasteiger partial charge in [0.25, 0.3) is 0 Å². The van der Waals surface area contributed by atoms with Gasteiger partial charge in [-0.15, -0.1) is 0 Å². The SMILES string of the molecule is O=C1CCC(c2ccccc2)CC1Cc1ccccc1Br. The van der Waals surface area contributed by atoms with Gasteiger partial charge in [-0.1, -0.05) is 64.5 Å². The van der Waals surface area contributed by atoms with Crippen LogP contribution in [0.2, 0.25) is 0 Å². The Labute approximate surface area is 134 Å². The number of rotatable bonds is 3. The van der Waals surface area contributed by atoms with Gasteiger partial charge < -0.3 is 0 Å². The lowest BCUT2D eigenvalue weighted by Gasteiger charge is -2.28. The van der Waals surface area contributed by atoms with Crippen molar-refractivity contribution in [2.45, 2.75) is 31.6 Å². The van der Waals surface area contributed by atoms with Crippen LogP contribution < -0.4 is 0 Å². The van der Waals surface area contributed by atoms with Gasteiger partial charge in [0.2, 0.25) is 0 Å². The average molecular weight is 343 g/mol. The number of hydrogen-bond acceptors (Lipinski definition) is 1. The number of carbonyl (C=O) groups is 1. The van der Waals surface area contributed by atoms with Crippen LogP contribution in [0.1, 0.15) is 36.3 Å². The van der Waals surface area contributed by atoms with Gasteiger partial charge in [0.15, 0.2) is 0 Å². The van der Waals surface area contributed by atoms with Crippen molar-refractivity contribution in [2.24, 2.45) is 5.92 Å². The van der Waals surface area contributed by atoms with Gasteiger partial charge in [-0.05, 0) is 42.4 Å². The van der Waals surface area contributed by atoms with Gasteiger partial charge in [0.05, 0.1) is 0 Å². The van der Waals surface area contributed by atoms with Crippen LogP contribution in [0.5, 0.6) is 0 Å². The largest absolute Gasteiger partial charge is 0.299 e. The van der Waals surface area contributed by atoms with Crippen molar-refractivity contribution in [1.29, 1.82) is 0 Å². The first-order chi connectivity index (χ1) is 10.2. The molecule has 21 heavy (non-hydrogen) atoms. The lowest BCUT2D eigenvalue weighted by molar-refractivity contribution is -0.124. The number of benzene rings is 2. The molecule has 3 rings (SSSR count). The highest BCUT2D eigenvalue weighted by atomic mass is 79.9. The van der Waals surface area contributed by atoms with Crippen molar-refractivity contribution in [3.05, 3.63) is 70.2 Å². The van der Waals surface area contributed by atoms with E-state index in [-0.39, 0.29) is 5.92 Å². The van der Waals surface area contributed by atoms with Gasteiger partial charge in [-0.2, -0.15) is 0 Å². The molecule has 1 aliphatic rings. The molecule has 0 bridgehead atoms. The predicted molar refractivity (Wildman–Crippen MR) is 89.4 cm³/mol. The topological polar surface area (TPSA) is 17.1 Å². The van der Waals surface area contributed by atoms with Crippen LogP contribution in [0.3, 0.4) is 0 Å². The van der Waals surface area contributed by atoms with E-state index in [2.05, 4.69) is 58.4 Å². The van der Waals surface area contributed by atoms with Crippen molar-refractivity contribution >= 4 is 21.7 Å². The van der Waals surface area contributed by atoms with Crippen LogP contribution >= 0.6 is 15.9 Å². The maximum absolute atomic E-state index is 12.3. The van der Waals surface area contributed by atoms with Crippen LogP contribution in [-0.4, -0.2) is 5.78 Å². The van der Waals surface area contributed by atoms with Crippen molar-refractivity contribution in [1.82, 2.24) is 0 Å². The lowest BCUT2D eigenvalue weighted by atomic mass is 9.75. The van der Waals surface area contributed by atoms with E-state index >= 15 is 0 Å². The Hall–Kier alpha value is -1.41. The third kappa shape index (κ3) is 3.44. The van der Waals surface area contributed by atoms with Gasteiger partial charge in [0.1, 0.15) is 5.78 Å². The third-order valence-electron chi connectivity index (χ3n) is 4.46. The first-order valence-corrected chi connectivity index (χ1v) is 8.34. The Balaban J connectivity index is 1.75. The first kappa shape index (κ1) is 14.5. The van der Waals surface area contributed by atoms with E-state index in [0.29, 0.717) is 18.1 Å². The van der Waals surface area contributed by atoms with Crippen LogP contribution in [0.25, 0.3) is 0 Å². The zero-order valence-corrected chi connectivity index (χ0v) is 13.6. The fraction of sp³-hybridized carbons (Fsp3) is 0.316. The quantitative estimate of drug-likeness (QED) is 0.754. The molecular formula is C19H19BrO. The summed E-state index contributed by atoms with van der Waals surface area (Å²) in [6, 6.07) is 18.8. The molecule has 2 unspecified atom stereocenters. The molecule has 0 aromatic heterocycles. The molecule has 0 saturated heterocycles. The van der Waals surface area contributed by atoms with Gasteiger partial charge in [-0.3, -0.25) is 4.79 Å². The van der Waals surface area contributed by atoms with Crippen molar-refractivity contribution in [2.75, 3.05) is 0 Å². The zero-order valence-electron chi connectivity index (χ0n) is 12.0. The molecule has 0 amide bonds. The van der Waals surface area contributed by atoms with Crippen LogP contribution in [0.15, 0.2) is 59.1 Å². The predicted octanol–water partition coefficient (Wildman–Crippen LogP) is 5.14. The van der Waals surface area contributed by atoms with Crippen molar-refractivity contribution in [3.8, 4) is 0 Å². The van der Waals surface area contributed by atoms with Gasteiger partial charge in [-0.25, -0.2) is 0 Å². The van der Waals surface area contributed by atoms with Crippen LogP contribution in [-0.2, 0) is 11.2 Å². The molecule has 0 heterocycles. The molecule has 1 fully saturated rings. The summed E-state index contributed by atoms with van der Waals surface area (Å²) in [4.78, 5) is 12.3. The second kappa shape index (κ2) is 6.57. The zero-order chi connectivity index (χ0) is 14.7. The van der Waals surface area contributed by atoms with Gasteiger partial charge in [0, 0.05) is 16.8 Å². The van der Waals surface area contributed by atoms with E-state index in [9.17, 15) is 4.79 Å². The number of ketones is 1. The molecule has 2 heteroatoms. The molecule has 0 radical (unpaired) electrons. The lowest BCUT2D eigenvalue weighted by Crippen LogP contribution is -2.25. The average Bonchev–Trinajstić information content (AvgIpc) is 2.52. The molecule has 0 N–H and O–H groups in total. The molecule has 108 valence electrons. The summed E-state index contributed by atoms with van der Waals surface area (Å²) < 4.78 is 1.11. The number of carbonyl (C=O) groups excluding carboxylic acids is 1.